The van der Waals surface area contributed by atoms with Gasteiger partial charge >= 0.3 is 12.0 Å². The van der Waals surface area contributed by atoms with E-state index in [9.17, 15) is 14.4 Å². The number of piperazine rings is 1. The van der Waals surface area contributed by atoms with E-state index < -0.39 is 11.5 Å². The zero-order valence-corrected chi connectivity index (χ0v) is 14.0. The smallest absolute Gasteiger partial charge is 0.329 e. The molecular formula is C17H21N3O5. The highest BCUT2D eigenvalue weighted by Crippen LogP contribution is 2.35. The zero-order valence-electron chi connectivity index (χ0n) is 14.0. The van der Waals surface area contributed by atoms with Gasteiger partial charge in [-0.15, -0.1) is 0 Å². The first-order valence-electron chi connectivity index (χ1n) is 8.19. The Morgan fingerprint density at radius 3 is 2.24 bits per heavy atom. The molecule has 0 aromatic heterocycles. The minimum absolute atomic E-state index is 0.137. The molecule has 1 aliphatic carbocycles. The van der Waals surface area contributed by atoms with E-state index in [-0.39, 0.29) is 11.9 Å². The van der Waals surface area contributed by atoms with Crippen LogP contribution in [0.1, 0.15) is 23.2 Å². The van der Waals surface area contributed by atoms with Gasteiger partial charge < -0.3 is 25.0 Å². The van der Waals surface area contributed by atoms with Crippen LogP contribution in [0.5, 0.6) is 5.75 Å². The highest BCUT2D eigenvalue weighted by Gasteiger charge is 2.52. The lowest BCUT2D eigenvalue weighted by Crippen LogP contribution is -2.56. The van der Waals surface area contributed by atoms with E-state index in [1.54, 1.807) is 34.1 Å². The number of ether oxygens (including phenoxy) is 1. The van der Waals surface area contributed by atoms with Crippen molar-refractivity contribution >= 4 is 17.9 Å². The summed E-state index contributed by atoms with van der Waals surface area (Å²) in [6, 6.07) is 6.64. The number of carbonyl (C=O) groups excluding carboxylic acids is 2. The van der Waals surface area contributed by atoms with Crippen LogP contribution in [-0.4, -0.2) is 71.6 Å². The van der Waals surface area contributed by atoms with Crippen LogP contribution in [-0.2, 0) is 4.79 Å². The summed E-state index contributed by atoms with van der Waals surface area (Å²) >= 11 is 0. The molecule has 1 aliphatic heterocycles. The van der Waals surface area contributed by atoms with Gasteiger partial charge in [-0.3, -0.25) is 4.79 Å². The van der Waals surface area contributed by atoms with Gasteiger partial charge in [0.2, 0.25) is 0 Å². The summed E-state index contributed by atoms with van der Waals surface area (Å²) in [6.07, 6.45) is 0.917. The van der Waals surface area contributed by atoms with Crippen LogP contribution in [0.15, 0.2) is 24.3 Å². The molecule has 25 heavy (non-hydrogen) atoms. The first-order chi connectivity index (χ1) is 12.0. The van der Waals surface area contributed by atoms with Gasteiger partial charge in [0.25, 0.3) is 5.91 Å². The maximum absolute atomic E-state index is 12.6. The number of benzene rings is 1. The van der Waals surface area contributed by atoms with Crippen molar-refractivity contribution in [1.82, 2.24) is 15.1 Å². The van der Waals surface area contributed by atoms with Crippen molar-refractivity contribution in [1.29, 1.82) is 0 Å². The van der Waals surface area contributed by atoms with Crippen LogP contribution >= 0.6 is 0 Å². The molecule has 1 aromatic carbocycles. The molecule has 1 heterocycles. The third kappa shape index (κ3) is 3.38. The lowest BCUT2D eigenvalue weighted by Gasteiger charge is -2.35. The predicted octanol–water partition coefficient (Wildman–Crippen LogP) is 0.780. The average Bonchev–Trinajstić information content (AvgIpc) is 3.42. The Hall–Kier alpha value is -2.77. The van der Waals surface area contributed by atoms with Gasteiger partial charge in [-0.2, -0.15) is 0 Å². The first-order valence-corrected chi connectivity index (χ1v) is 8.19. The Balaban J connectivity index is 1.57. The molecule has 1 saturated carbocycles. The number of methoxy groups -OCH3 is 1. The summed E-state index contributed by atoms with van der Waals surface area (Å²) in [5.41, 5.74) is -0.604. The number of carboxylic acid groups (broad SMARTS) is 1. The number of hydrogen-bond donors (Lipinski definition) is 2. The standard InChI is InChI=1S/C17H21N3O5/c1-25-13-5-3-2-4-12(13)14(21)19-8-10-20(11-9-19)16(24)18-17(6-7-17)15(22)23/h2-5H,6-11H2,1H3,(H,18,24)(H,22,23). The van der Waals surface area contributed by atoms with Gasteiger partial charge in [-0.05, 0) is 25.0 Å². The lowest BCUT2D eigenvalue weighted by molar-refractivity contribution is -0.140. The minimum atomic E-state index is -1.10. The molecule has 2 N–H and O–H groups in total. The van der Waals surface area contributed by atoms with Crippen LogP contribution in [0.3, 0.4) is 0 Å². The Kier molecular flexibility index (Phi) is 4.52. The molecule has 0 unspecified atom stereocenters. The molecular weight excluding hydrogens is 326 g/mol. The summed E-state index contributed by atoms with van der Waals surface area (Å²) in [7, 11) is 1.52. The zero-order chi connectivity index (χ0) is 18.0. The lowest BCUT2D eigenvalue weighted by atomic mass is 10.1. The molecule has 0 bridgehead atoms. The highest BCUT2D eigenvalue weighted by molar-refractivity contribution is 5.97. The van der Waals surface area contributed by atoms with Gasteiger partial charge in [0.05, 0.1) is 12.7 Å². The van der Waals surface area contributed by atoms with Crippen molar-refractivity contribution in [3.63, 3.8) is 0 Å². The van der Waals surface area contributed by atoms with Crippen molar-refractivity contribution in [2.45, 2.75) is 18.4 Å². The van der Waals surface area contributed by atoms with E-state index in [0.717, 1.165) is 0 Å². The van der Waals surface area contributed by atoms with E-state index in [2.05, 4.69) is 5.32 Å². The van der Waals surface area contributed by atoms with Gasteiger partial charge in [0.15, 0.2) is 0 Å². The SMILES string of the molecule is COc1ccccc1C(=O)N1CCN(C(=O)NC2(C(=O)O)CC2)CC1. The van der Waals surface area contributed by atoms with Crippen molar-refractivity contribution in [3.8, 4) is 5.75 Å². The molecule has 0 spiro atoms. The van der Waals surface area contributed by atoms with E-state index in [1.807, 2.05) is 0 Å². The maximum Gasteiger partial charge on any atom is 0.329 e. The Bertz CT molecular complexity index is 693. The number of urea groups is 1. The molecule has 1 aromatic rings. The molecule has 134 valence electrons. The second kappa shape index (κ2) is 6.62. The number of carbonyl (C=O) groups is 3. The topological polar surface area (TPSA) is 99.2 Å². The fraction of sp³-hybridized carbons (Fsp3) is 0.471. The fourth-order valence-electron chi connectivity index (χ4n) is 2.91. The number of nitrogens with zero attached hydrogens (tertiary/aromatic N) is 2. The number of hydrogen-bond acceptors (Lipinski definition) is 4. The van der Waals surface area contributed by atoms with Crippen LogP contribution < -0.4 is 10.1 Å². The summed E-state index contributed by atoms with van der Waals surface area (Å²) in [5.74, 6) is -0.614. The molecule has 8 nitrogen and oxygen atoms in total. The highest BCUT2D eigenvalue weighted by atomic mass is 16.5. The largest absolute Gasteiger partial charge is 0.496 e. The number of nitrogens with one attached hydrogen (secondary N) is 1. The molecule has 1 saturated heterocycles. The maximum atomic E-state index is 12.6. The van der Waals surface area contributed by atoms with E-state index in [1.165, 1.54) is 7.11 Å². The number of para-hydroxylation sites is 1. The van der Waals surface area contributed by atoms with Gasteiger partial charge in [0, 0.05) is 26.2 Å². The Morgan fingerprint density at radius 1 is 1.08 bits per heavy atom. The Labute approximate surface area is 145 Å². The first kappa shape index (κ1) is 17.1. The average molecular weight is 347 g/mol. The number of aliphatic carboxylic acids is 1. The van der Waals surface area contributed by atoms with Gasteiger partial charge in [0.1, 0.15) is 11.3 Å². The molecule has 0 atom stereocenters. The number of amides is 3. The number of rotatable bonds is 4. The monoisotopic (exact) mass is 347 g/mol. The van der Waals surface area contributed by atoms with E-state index in [4.69, 9.17) is 9.84 Å². The summed E-state index contributed by atoms with van der Waals surface area (Å²) < 4.78 is 5.22. The summed E-state index contributed by atoms with van der Waals surface area (Å²) in [6.45, 7) is 1.51. The summed E-state index contributed by atoms with van der Waals surface area (Å²) in [5, 5.41) is 11.7. The number of carboxylic acids is 1. The van der Waals surface area contributed by atoms with Crippen LogP contribution in [0.4, 0.5) is 4.79 Å². The van der Waals surface area contributed by atoms with E-state index in [0.29, 0.717) is 50.3 Å². The molecule has 2 aliphatic rings. The predicted molar refractivity (Wildman–Crippen MR) is 88.6 cm³/mol. The van der Waals surface area contributed by atoms with Gasteiger partial charge in [-0.1, -0.05) is 12.1 Å². The quantitative estimate of drug-likeness (QED) is 0.838. The Morgan fingerprint density at radius 2 is 1.68 bits per heavy atom. The van der Waals surface area contributed by atoms with Crippen molar-refractivity contribution < 1.29 is 24.2 Å². The molecule has 3 amide bonds. The minimum Gasteiger partial charge on any atom is -0.496 e. The van der Waals surface area contributed by atoms with Crippen LogP contribution in [0.25, 0.3) is 0 Å². The fourth-order valence-corrected chi connectivity index (χ4v) is 2.91. The third-order valence-electron chi connectivity index (χ3n) is 4.70. The molecule has 2 fully saturated rings. The normalized spacial score (nSPS) is 18.4. The second-order valence-corrected chi connectivity index (χ2v) is 6.30. The van der Waals surface area contributed by atoms with E-state index >= 15 is 0 Å². The van der Waals surface area contributed by atoms with Crippen molar-refractivity contribution in [2.75, 3.05) is 33.3 Å². The van der Waals surface area contributed by atoms with Crippen LogP contribution in [0.2, 0.25) is 0 Å². The van der Waals surface area contributed by atoms with Crippen molar-refractivity contribution in [2.24, 2.45) is 0 Å². The van der Waals surface area contributed by atoms with Gasteiger partial charge in [-0.25, -0.2) is 9.59 Å². The summed E-state index contributed by atoms with van der Waals surface area (Å²) in [4.78, 5) is 39.3. The van der Waals surface area contributed by atoms with Crippen molar-refractivity contribution in [3.05, 3.63) is 29.8 Å². The second-order valence-electron chi connectivity index (χ2n) is 6.30. The van der Waals surface area contributed by atoms with Crippen LogP contribution in [0, 0.1) is 0 Å². The molecule has 3 rings (SSSR count). The third-order valence-corrected chi connectivity index (χ3v) is 4.70. The molecule has 0 radical (unpaired) electrons. The molecule has 8 heteroatoms.